The second-order valence-corrected chi connectivity index (χ2v) is 3.40. The van der Waals surface area contributed by atoms with Crippen LogP contribution < -0.4 is 10.5 Å². The van der Waals surface area contributed by atoms with Crippen molar-refractivity contribution in [2.75, 3.05) is 13.2 Å². The van der Waals surface area contributed by atoms with E-state index in [0.29, 0.717) is 5.56 Å². The number of Topliss-reactive ketones (excluding diaryl/α,β-unsaturated/α-hetero) is 1. The van der Waals surface area contributed by atoms with E-state index in [9.17, 15) is 4.79 Å². The Labute approximate surface area is 82.9 Å². The Kier molecular flexibility index (Phi) is 2.50. The predicted molar refractivity (Wildman–Crippen MR) is 53.6 cm³/mol. The van der Waals surface area contributed by atoms with E-state index >= 15 is 0 Å². The van der Waals surface area contributed by atoms with Gasteiger partial charge in [0.15, 0.2) is 5.78 Å². The molecule has 3 heteroatoms. The number of ketones is 1. The first-order valence-corrected chi connectivity index (χ1v) is 4.80. The summed E-state index contributed by atoms with van der Waals surface area (Å²) in [6.45, 7) is 0.844. The number of carbonyl (C=O) groups excluding carboxylic acids is 1. The maximum Gasteiger partial charge on any atom is 0.176 e. The molecule has 1 aliphatic rings. The third-order valence-corrected chi connectivity index (χ3v) is 2.42. The second-order valence-electron chi connectivity index (χ2n) is 3.40. The molecule has 0 spiro atoms. The molecule has 0 aliphatic carbocycles. The molecule has 0 aromatic heterocycles. The quantitative estimate of drug-likeness (QED) is 0.713. The van der Waals surface area contributed by atoms with E-state index in [1.807, 2.05) is 12.1 Å². The van der Waals surface area contributed by atoms with Crippen molar-refractivity contribution in [1.82, 2.24) is 0 Å². The molecule has 1 heterocycles. The summed E-state index contributed by atoms with van der Waals surface area (Å²) in [5.74, 6) is 0.892. The maximum atomic E-state index is 11.3. The highest BCUT2D eigenvalue weighted by Gasteiger charge is 2.12. The van der Waals surface area contributed by atoms with Gasteiger partial charge in [-0.3, -0.25) is 4.79 Å². The first kappa shape index (κ1) is 9.21. The normalized spacial score (nSPS) is 14.4. The molecule has 0 bridgehead atoms. The van der Waals surface area contributed by atoms with Crippen molar-refractivity contribution in [2.24, 2.45) is 5.73 Å². The zero-order valence-electron chi connectivity index (χ0n) is 7.95. The summed E-state index contributed by atoms with van der Waals surface area (Å²) >= 11 is 0. The average molecular weight is 191 g/mol. The Hall–Kier alpha value is -1.35. The van der Waals surface area contributed by atoms with Crippen LogP contribution in [0.25, 0.3) is 0 Å². The Balaban J connectivity index is 2.33. The summed E-state index contributed by atoms with van der Waals surface area (Å²) in [6.07, 6.45) is 2.01. The molecule has 0 atom stereocenters. The Morgan fingerprint density at radius 1 is 1.50 bits per heavy atom. The van der Waals surface area contributed by atoms with Crippen LogP contribution in [0.5, 0.6) is 5.75 Å². The number of hydrogen-bond acceptors (Lipinski definition) is 3. The summed E-state index contributed by atoms with van der Waals surface area (Å²) < 4.78 is 5.45. The molecule has 0 amide bonds. The van der Waals surface area contributed by atoms with Crippen LogP contribution in [0.3, 0.4) is 0 Å². The van der Waals surface area contributed by atoms with Gasteiger partial charge in [-0.15, -0.1) is 0 Å². The van der Waals surface area contributed by atoms with Crippen LogP contribution in [0, 0.1) is 0 Å². The SMILES string of the molecule is NCC(=O)c1ccc2c(c1)CCCO2. The van der Waals surface area contributed by atoms with Crippen LogP contribution >= 0.6 is 0 Å². The predicted octanol–water partition coefficient (Wildman–Crippen LogP) is 1.15. The van der Waals surface area contributed by atoms with Crippen LogP contribution in [0.1, 0.15) is 22.3 Å². The molecule has 2 rings (SSSR count). The lowest BCUT2D eigenvalue weighted by Gasteiger charge is -2.17. The van der Waals surface area contributed by atoms with Crippen molar-refractivity contribution in [2.45, 2.75) is 12.8 Å². The minimum Gasteiger partial charge on any atom is -0.493 e. The van der Waals surface area contributed by atoms with Crippen molar-refractivity contribution < 1.29 is 9.53 Å². The topological polar surface area (TPSA) is 52.3 Å². The van der Waals surface area contributed by atoms with E-state index in [4.69, 9.17) is 10.5 Å². The zero-order chi connectivity index (χ0) is 9.97. The van der Waals surface area contributed by atoms with Gasteiger partial charge in [-0.1, -0.05) is 0 Å². The first-order chi connectivity index (χ1) is 6.81. The van der Waals surface area contributed by atoms with Gasteiger partial charge in [-0.2, -0.15) is 0 Å². The monoisotopic (exact) mass is 191 g/mol. The molecule has 74 valence electrons. The van der Waals surface area contributed by atoms with Crippen LogP contribution in [0.15, 0.2) is 18.2 Å². The Morgan fingerprint density at radius 3 is 3.14 bits per heavy atom. The van der Waals surface area contributed by atoms with Crippen molar-refractivity contribution in [3.63, 3.8) is 0 Å². The minimum atomic E-state index is -0.0154. The van der Waals surface area contributed by atoms with Crippen molar-refractivity contribution in [3.8, 4) is 5.75 Å². The van der Waals surface area contributed by atoms with Crippen molar-refractivity contribution >= 4 is 5.78 Å². The number of hydrogen-bond donors (Lipinski definition) is 1. The van der Waals surface area contributed by atoms with Crippen LogP contribution in [-0.4, -0.2) is 18.9 Å². The van der Waals surface area contributed by atoms with E-state index in [1.54, 1.807) is 6.07 Å². The summed E-state index contributed by atoms with van der Waals surface area (Å²) in [7, 11) is 0. The van der Waals surface area contributed by atoms with Crippen LogP contribution in [0.2, 0.25) is 0 Å². The number of rotatable bonds is 2. The fourth-order valence-electron chi connectivity index (χ4n) is 1.65. The van der Waals surface area contributed by atoms with Crippen molar-refractivity contribution in [1.29, 1.82) is 0 Å². The third-order valence-electron chi connectivity index (χ3n) is 2.42. The van der Waals surface area contributed by atoms with Crippen LogP contribution in [0.4, 0.5) is 0 Å². The molecular weight excluding hydrogens is 178 g/mol. The molecule has 1 aromatic carbocycles. The molecule has 3 nitrogen and oxygen atoms in total. The number of aryl methyl sites for hydroxylation is 1. The standard InChI is InChI=1S/C11H13NO2/c12-7-10(13)8-3-4-11-9(6-8)2-1-5-14-11/h3-4,6H,1-2,5,7,12H2. The summed E-state index contributed by atoms with van der Waals surface area (Å²) in [4.78, 5) is 11.3. The van der Waals surface area contributed by atoms with Crippen molar-refractivity contribution in [3.05, 3.63) is 29.3 Å². The molecule has 14 heavy (non-hydrogen) atoms. The minimum absolute atomic E-state index is 0.0154. The lowest BCUT2D eigenvalue weighted by atomic mass is 10.0. The highest BCUT2D eigenvalue weighted by molar-refractivity contribution is 5.97. The van der Waals surface area contributed by atoms with Gasteiger partial charge in [-0.25, -0.2) is 0 Å². The summed E-state index contributed by atoms with van der Waals surface area (Å²) in [5, 5.41) is 0. The number of carbonyl (C=O) groups is 1. The fraction of sp³-hybridized carbons (Fsp3) is 0.364. The smallest absolute Gasteiger partial charge is 0.176 e. The molecule has 0 fully saturated rings. The average Bonchev–Trinajstić information content (AvgIpc) is 2.27. The largest absolute Gasteiger partial charge is 0.493 e. The number of benzene rings is 1. The van der Waals surface area contributed by atoms with Crippen LogP contribution in [-0.2, 0) is 6.42 Å². The van der Waals surface area contributed by atoms with Gasteiger partial charge in [0.1, 0.15) is 5.75 Å². The molecular formula is C11H13NO2. The van der Waals surface area contributed by atoms with Gasteiger partial charge in [0.25, 0.3) is 0 Å². The van der Waals surface area contributed by atoms with Gasteiger partial charge >= 0.3 is 0 Å². The molecule has 0 saturated carbocycles. The van der Waals surface area contributed by atoms with E-state index in [-0.39, 0.29) is 12.3 Å². The first-order valence-electron chi connectivity index (χ1n) is 4.80. The van der Waals surface area contributed by atoms with E-state index in [0.717, 1.165) is 30.8 Å². The van der Waals surface area contributed by atoms with E-state index < -0.39 is 0 Å². The number of ether oxygens (including phenoxy) is 1. The Bertz CT molecular complexity index is 360. The molecule has 0 radical (unpaired) electrons. The lowest BCUT2D eigenvalue weighted by Crippen LogP contribution is -2.15. The second kappa shape index (κ2) is 3.80. The summed E-state index contributed by atoms with van der Waals surface area (Å²) in [6, 6.07) is 5.53. The maximum absolute atomic E-state index is 11.3. The number of nitrogens with two attached hydrogens (primary N) is 1. The third kappa shape index (κ3) is 1.63. The molecule has 2 N–H and O–H groups in total. The highest BCUT2D eigenvalue weighted by atomic mass is 16.5. The molecule has 0 saturated heterocycles. The van der Waals surface area contributed by atoms with Gasteiger partial charge in [0.05, 0.1) is 13.2 Å². The van der Waals surface area contributed by atoms with Gasteiger partial charge in [0.2, 0.25) is 0 Å². The van der Waals surface area contributed by atoms with Gasteiger partial charge in [0, 0.05) is 5.56 Å². The van der Waals surface area contributed by atoms with Gasteiger partial charge < -0.3 is 10.5 Å². The van der Waals surface area contributed by atoms with E-state index in [1.165, 1.54) is 0 Å². The Morgan fingerprint density at radius 2 is 2.36 bits per heavy atom. The van der Waals surface area contributed by atoms with Gasteiger partial charge in [-0.05, 0) is 36.6 Å². The molecule has 1 aromatic rings. The van der Waals surface area contributed by atoms with E-state index in [2.05, 4.69) is 0 Å². The molecule has 0 unspecified atom stereocenters. The fourth-order valence-corrected chi connectivity index (χ4v) is 1.65. The highest BCUT2D eigenvalue weighted by Crippen LogP contribution is 2.25. The molecule has 1 aliphatic heterocycles. The number of fused-ring (bicyclic) bond motifs is 1. The lowest BCUT2D eigenvalue weighted by molar-refractivity contribution is 0.100. The summed E-state index contributed by atoms with van der Waals surface area (Å²) in [5.41, 5.74) is 7.11. The zero-order valence-corrected chi connectivity index (χ0v) is 7.95.